The average molecular weight is 465 g/mol. The van der Waals surface area contributed by atoms with Crippen molar-refractivity contribution in [3.8, 4) is 0 Å². The predicted octanol–water partition coefficient (Wildman–Crippen LogP) is 2.08. The molecule has 1 aliphatic rings. The molecule has 5 N–H and O–H groups in total. The molecule has 30 heavy (non-hydrogen) atoms. The molecule has 2 rings (SSSR count). The number of carbonyl (C=O) groups is 2. The molecule has 1 fully saturated rings. The summed E-state index contributed by atoms with van der Waals surface area (Å²) in [5.74, 6) is -2.88. The molecule has 1 aromatic carbocycles. The van der Waals surface area contributed by atoms with Gasteiger partial charge in [-0.15, -0.1) is 0 Å². The quantitative estimate of drug-likeness (QED) is 0.375. The lowest BCUT2D eigenvalue weighted by Gasteiger charge is -2.27. The molecule has 1 aromatic rings. The van der Waals surface area contributed by atoms with E-state index in [1.165, 1.54) is 18.4 Å². The molecule has 0 amide bonds. The molecule has 1 aliphatic heterocycles. The maximum Gasteiger partial charge on any atom is 0.335 e. The van der Waals surface area contributed by atoms with E-state index in [1.807, 2.05) is 12.1 Å². The summed E-state index contributed by atoms with van der Waals surface area (Å²) in [5.41, 5.74) is 1.20. The van der Waals surface area contributed by atoms with Crippen molar-refractivity contribution in [3.05, 3.63) is 33.8 Å². The summed E-state index contributed by atoms with van der Waals surface area (Å²) in [6.45, 7) is 8.80. The van der Waals surface area contributed by atoms with E-state index in [-0.39, 0.29) is 0 Å². The van der Waals surface area contributed by atoms with Gasteiger partial charge in [0, 0.05) is 35.7 Å². The maximum atomic E-state index is 9.77. The molecule has 3 atom stereocenters. The number of aliphatic hydroxyl groups excluding tert-OH is 2. The zero-order chi connectivity index (χ0) is 22.8. The number of carboxylic acid groups (broad SMARTS) is 2. The predicted molar refractivity (Wildman–Crippen MR) is 115 cm³/mol. The van der Waals surface area contributed by atoms with Gasteiger partial charge in [-0.3, -0.25) is 4.90 Å². The summed E-state index contributed by atoms with van der Waals surface area (Å²) in [5, 5.41) is 37.5. The van der Waals surface area contributed by atoms with Crippen molar-refractivity contribution < 1.29 is 30.0 Å². The van der Waals surface area contributed by atoms with Crippen LogP contribution in [-0.2, 0) is 16.1 Å². The molecule has 1 heterocycles. The van der Waals surface area contributed by atoms with Crippen molar-refractivity contribution in [2.24, 2.45) is 5.92 Å². The highest BCUT2D eigenvalue weighted by Crippen LogP contribution is 2.21. The summed E-state index contributed by atoms with van der Waals surface area (Å²) in [4.78, 5) is 22.1. The summed E-state index contributed by atoms with van der Waals surface area (Å²) >= 11 is 12.2. The van der Waals surface area contributed by atoms with E-state index in [9.17, 15) is 9.59 Å². The first-order valence-electron chi connectivity index (χ1n) is 9.72. The zero-order valence-corrected chi connectivity index (χ0v) is 18.6. The molecule has 1 saturated heterocycles. The number of benzene rings is 1. The number of hydrogen-bond acceptors (Lipinski definition) is 6. The Morgan fingerprint density at radius 2 is 1.63 bits per heavy atom. The smallest absolute Gasteiger partial charge is 0.335 e. The number of halogens is 2. The van der Waals surface area contributed by atoms with Gasteiger partial charge in [-0.05, 0) is 49.1 Å². The van der Waals surface area contributed by atoms with Gasteiger partial charge in [-0.2, -0.15) is 0 Å². The molecule has 0 saturated carbocycles. The fraction of sp³-hybridized carbons (Fsp3) is 0.600. The summed E-state index contributed by atoms with van der Waals surface area (Å²) in [6.07, 6.45) is -1.95. The fourth-order valence-electron chi connectivity index (χ4n) is 3.17. The van der Waals surface area contributed by atoms with Crippen LogP contribution < -0.4 is 5.32 Å². The topological polar surface area (TPSA) is 130 Å². The third-order valence-corrected chi connectivity index (χ3v) is 4.83. The fourth-order valence-corrected chi connectivity index (χ4v) is 3.75. The third-order valence-electron chi connectivity index (χ3n) is 4.40. The Hall–Kier alpha value is -1.42. The Balaban J connectivity index is 0.000000382. The van der Waals surface area contributed by atoms with Crippen molar-refractivity contribution in [2.45, 2.75) is 51.5 Å². The molecule has 0 unspecified atom stereocenters. The first kappa shape index (κ1) is 26.6. The Bertz CT molecular complexity index is 660. The number of aliphatic hydroxyl groups is 2. The van der Waals surface area contributed by atoms with Gasteiger partial charge in [-0.25, -0.2) is 9.59 Å². The van der Waals surface area contributed by atoms with Crippen LogP contribution in [0.25, 0.3) is 0 Å². The summed E-state index contributed by atoms with van der Waals surface area (Å²) in [7, 11) is 0. The van der Waals surface area contributed by atoms with Gasteiger partial charge in [0.1, 0.15) is 0 Å². The molecule has 10 heteroatoms. The highest BCUT2D eigenvalue weighted by atomic mass is 35.5. The minimum atomic E-state index is -2.27. The third kappa shape index (κ3) is 10.1. The lowest BCUT2D eigenvalue weighted by atomic mass is 10.1. The van der Waals surface area contributed by atoms with Gasteiger partial charge in [0.2, 0.25) is 0 Å². The van der Waals surface area contributed by atoms with Crippen LogP contribution in [0, 0.1) is 5.92 Å². The first-order chi connectivity index (χ1) is 14.0. The lowest BCUT2D eigenvalue weighted by Crippen LogP contribution is -2.39. The van der Waals surface area contributed by atoms with Crippen molar-refractivity contribution in [2.75, 3.05) is 19.6 Å². The Morgan fingerprint density at radius 1 is 1.10 bits per heavy atom. The summed E-state index contributed by atoms with van der Waals surface area (Å²) in [6, 6.07) is 6.45. The number of nitrogens with one attached hydrogen (secondary N) is 1. The van der Waals surface area contributed by atoms with Crippen molar-refractivity contribution in [1.82, 2.24) is 10.2 Å². The average Bonchev–Trinajstić information content (AvgIpc) is 3.12. The van der Waals surface area contributed by atoms with Crippen LogP contribution in [0.4, 0.5) is 0 Å². The normalized spacial score (nSPS) is 18.1. The molecular weight excluding hydrogens is 435 g/mol. The van der Waals surface area contributed by atoms with Crippen LogP contribution >= 0.6 is 23.2 Å². The number of aliphatic carboxylic acids is 2. The van der Waals surface area contributed by atoms with Crippen LogP contribution in [0.5, 0.6) is 0 Å². The van der Waals surface area contributed by atoms with Gasteiger partial charge in [-0.1, -0.05) is 37.0 Å². The van der Waals surface area contributed by atoms with Crippen molar-refractivity contribution in [3.63, 3.8) is 0 Å². The van der Waals surface area contributed by atoms with E-state index in [0.717, 1.165) is 36.2 Å². The second-order valence-corrected chi connectivity index (χ2v) is 8.60. The van der Waals surface area contributed by atoms with Crippen LogP contribution in [-0.4, -0.2) is 75.1 Å². The van der Waals surface area contributed by atoms with Gasteiger partial charge >= 0.3 is 11.9 Å². The van der Waals surface area contributed by atoms with Gasteiger partial charge in [0.15, 0.2) is 12.2 Å². The second kappa shape index (κ2) is 13.1. The second-order valence-electron chi connectivity index (χ2n) is 7.73. The number of nitrogens with zero attached hydrogens (tertiary/aromatic N) is 1. The standard InChI is InChI=1S/C16H24Cl2N2.C4H6O6/c1-12(2)9-20(11-16-4-3-5-19-16)10-13-6-14(17)8-15(18)7-13;5-1(3(7)8)2(6)4(9)10/h6-8,12,16,19H,3-5,9-11H2,1-2H3;1-2,5-6H,(H,7,8)(H,9,10)/t16-;1-,2-/m01/s1. The van der Waals surface area contributed by atoms with E-state index in [4.69, 9.17) is 43.6 Å². The Morgan fingerprint density at radius 3 is 2.03 bits per heavy atom. The highest BCUT2D eigenvalue weighted by Gasteiger charge is 2.29. The lowest BCUT2D eigenvalue weighted by molar-refractivity contribution is -0.165. The molecule has 170 valence electrons. The van der Waals surface area contributed by atoms with E-state index in [1.54, 1.807) is 6.07 Å². The van der Waals surface area contributed by atoms with E-state index >= 15 is 0 Å². The molecular formula is C20H30Cl2N2O6. The van der Waals surface area contributed by atoms with Crippen LogP contribution in [0.15, 0.2) is 18.2 Å². The molecule has 0 aromatic heterocycles. The largest absolute Gasteiger partial charge is 0.479 e. The monoisotopic (exact) mass is 464 g/mol. The molecule has 0 aliphatic carbocycles. The molecule has 0 radical (unpaired) electrons. The van der Waals surface area contributed by atoms with Crippen molar-refractivity contribution >= 4 is 35.1 Å². The van der Waals surface area contributed by atoms with Crippen molar-refractivity contribution in [1.29, 1.82) is 0 Å². The minimum Gasteiger partial charge on any atom is -0.479 e. The first-order valence-corrected chi connectivity index (χ1v) is 10.5. The van der Waals surface area contributed by atoms with Crippen LogP contribution in [0.3, 0.4) is 0 Å². The van der Waals surface area contributed by atoms with Gasteiger partial charge < -0.3 is 25.7 Å². The minimum absolute atomic E-state index is 0.628. The van der Waals surface area contributed by atoms with Crippen LogP contribution in [0.2, 0.25) is 10.0 Å². The van der Waals surface area contributed by atoms with E-state index in [2.05, 4.69) is 24.1 Å². The van der Waals surface area contributed by atoms with Gasteiger partial charge in [0.25, 0.3) is 0 Å². The Kier molecular flexibility index (Phi) is 11.6. The molecule has 0 bridgehead atoms. The summed E-state index contributed by atoms with van der Waals surface area (Å²) < 4.78 is 0. The number of carboxylic acids is 2. The molecule has 8 nitrogen and oxygen atoms in total. The molecule has 0 spiro atoms. The SMILES string of the molecule is CC(C)CN(Cc1cc(Cl)cc(Cl)c1)C[C@@H]1CCCN1.O=C(O)[C@H](O)[C@@H](O)C(=O)O. The van der Waals surface area contributed by atoms with E-state index < -0.39 is 24.1 Å². The maximum absolute atomic E-state index is 9.77. The van der Waals surface area contributed by atoms with Crippen LogP contribution in [0.1, 0.15) is 32.3 Å². The van der Waals surface area contributed by atoms with E-state index in [0.29, 0.717) is 12.0 Å². The zero-order valence-electron chi connectivity index (χ0n) is 17.1. The van der Waals surface area contributed by atoms with Gasteiger partial charge in [0.05, 0.1) is 0 Å². The Labute approximate surface area is 186 Å². The number of rotatable bonds is 9. The number of hydrogen-bond donors (Lipinski definition) is 5. The highest BCUT2D eigenvalue weighted by molar-refractivity contribution is 6.34.